The highest BCUT2D eigenvalue weighted by Gasteiger charge is 1.99. The number of benzene rings is 1. The third kappa shape index (κ3) is 7.72. The van der Waals surface area contributed by atoms with Crippen LogP contribution in [0.25, 0.3) is 0 Å². The topological polar surface area (TPSA) is 63.5 Å². The van der Waals surface area contributed by atoms with Crippen molar-refractivity contribution in [3.8, 4) is 5.75 Å². The minimum Gasteiger partial charge on any atom is -0.497 e. The van der Waals surface area contributed by atoms with Crippen LogP contribution in [0.15, 0.2) is 41.7 Å². The zero-order valence-electron chi connectivity index (χ0n) is 16.9. The Morgan fingerprint density at radius 1 is 1.07 bits per heavy atom. The van der Waals surface area contributed by atoms with Crippen LogP contribution in [0, 0.1) is 6.92 Å². The molecular formula is C21H33N5O. The number of hydrogen-bond acceptors (Lipinski definition) is 3. The number of rotatable bonds is 11. The van der Waals surface area contributed by atoms with Crippen LogP contribution in [0.4, 0.5) is 0 Å². The third-order valence-electron chi connectivity index (χ3n) is 4.61. The van der Waals surface area contributed by atoms with E-state index in [9.17, 15) is 0 Å². The van der Waals surface area contributed by atoms with Gasteiger partial charge in [0.15, 0.2) is 5.96 Å². The maximum Gasteiger partial charge on any atom is 0.190 e. The second-order valence-corrected chi connectivity index (χ2v) is 6.61. The smallest absolute Gasteiger partial charge is 0.190 e. The normalized spacial score (nSPS) is 11.4. The van der Waals surface area contributed by atoms with Gasteiger partial charge in [0.05, 0.1) is 7.11 Å². The molecule has 0 amide bonds. The van der Waals surface area contributed by atoms with Gasteiger partial charge in [0, 0.05) is 39.1 Å². The van der Waals surface area contributed by atoms with Gasteiger partial charge in [-0.3, -0.25) is 4.99 Å². The molecule has 1 aromatic heterocycles. The number of hydrogen-bond donors (Lipinski definition) is 2. The van der Waals surface area contributed by atoms with Crippen molar-refractivity contribution in [3.05, 3.63) is 48.0 Å². The maximum atomic E-state index is 5.19. The maximum absolute atomic E-state index is 5.19. The third-order valence-corrected chi connectivity index (χ3v) is 4.61. The number of aryl methyl sites for hydroxylation is 3. The van der Waals surface area contributed by atoms with Crippen LogP contribution in [0.2, 0.25) is 0 Å². The molecular weight excluding hydrogens is 338 g/mol. The summed E-state index contributed by atoms with van der Waals surface area (Å²) < 4.78 is 7.38. The van der Waals surface area contributed by atoms with Crippen molar-refractivity contribution in [2.24, 2.45) is 4.99 Å². The molecule has 0 fully saturated rings. The molecule has 1 aromatic carbocycles. The summed E-state index contributed by atoms with van der Waals surface area (Å²) in [4.78, 5) is 8.54. The number of ether oxygens (including phenoxy) is 1. The Kier molecular flexibility index (Phi) is 9.24. The first-order valence-electron chi connectivity index (χ1n) is 9.78. The molecule has 0 aliphatic heterocycles. The summed E-state index contributed by atoms with van der Waals surface area (Å²) in [6, 6.07) is 8.32. The summed E-state index contributed by atoms with van der Waals surface area (Å²) in [6.07, 6.45) is 9.49. The van der Waals surface area contributed by atoms with E-state index >= 15 is 0 Å². The molecule has 0 unspecified atom stereocenters. The van der Waals surface area contributed by atoms with Gasteiger partial charge < -0.3 is 19.9 Å². The second kappa shape index (κ2) is 12.0. The quantitative estimate of drug-likeness (QED) is 0.362. The molecule has 0 atom stereocenters. The number of nitrogens with one attached hydrogen (secondary N) is 2. The van der Waals surface area contributed by atoms with Gasteiger partial charge in [-0.05, 0) is 56.7 Å². The van der Waals surface area contributed by atoms with Crippen molar-refractivity contribution in [2.45, 2.75) is 45.6 Å². The number of unbranched alkanes of at least 4 members (excludes halogenated alkanes) is 2. The predicted octanol–water partition coefficient (Wildman–Crippen LogP) is 3.17. The van der Waals surface area contributed by atoms with Crippen LogP contribution in [0.1, 0.15) is 37.1 Å². The Labute approximate surface area is 163 Å². The molecule has 0 aliphatic carbocycles. The van der Waals surface area contributed by atoms with Crippen molar-refractivity contribution in [1.82, 2.24) is 20.2 Å². The Morgan fingerprint density at radius 2 is 1.78 bits per heavy atom. The van der Waals surface area contributed by atoms with E-state index in [0.29, 0.717) is 0 Å². The lowest BCUT2D eigenvalue weighted by molar-refractivity contribution is 0.414. The molecule has 6 nitrogen and oxygen atoms in total. The van der Waals surface area contributed by atoms with Crippen LogP contribution in [0.5, 0.6) is 5.75 Å². The van der Waals surface area contributed by atoms with Gasteiger partial charge in [0.25, 0.3) is 0 Å². The zero-order chi connectivity index (χ0) is 19.3. The van der Waals surface area contributed by atoms with Crippen molar-refractivity contribution in [2.75, 3.05) is 27.2 Å². The molecule has 2 aromatic rings. The summed E-state index contributed by atoms with van der Waals surface area (Å²) in [6.45, 7) is 4.92. The number of aliphatic imine (C=N–C) groups is 1. The first kappa shape index (κ1) is 20.8. The van der Waals surface area contributed by atoms with E-state index in [1.165, 1.54) is 5.56 Å². The summed E-state index contributed by atoms with van der Waals surface area (Å²) >= 11 is 0. The van der Waals surface area contributed by atoms with E-state index in [1.54, 1.807) is 7.11 Å². The van der Waals surface area contributed by atoms with Gasteiger partial charge in [-0.25, -0.2) is 4.98 Å². The number of nitrogens with zero attached hydrogens (tertiary/aromatic N) is 3. The number of aromatic nitrogens is 2. The molecule has 2 N–H and O–H groups in total. The average Bonchev–Trinajstić information content (AvgIpc) is 3.11. The highest BCUT2D eigenvalue weighted by Crippen LogP contribution is 2.12. The first-order chi connectivity index (χ1) is 13.2. The Hall–Kier alpha value is -2.50. The SMILES string of the molecule is CN=C(NCCCCc1ccc(OC)cc1)NCCCCn1ccnc1C. The lowest BCUT2D eigenvalue weighted by Gasteiger charge is -2.12. The highest BCUT2D eigenvalue weighted by atomic mass is 16.5. The second-order valence-electron chi connectivity index (χ2n) is 6.61. The van der Waals surface area contributed by atoms with E-state index in [1.807, 2.05) is 38.5 Å². The molecule has 1 heterocycles. The minimum absolute atomic E-state index is 0.887. The molecule has 0 bridgehead atoms. The number of imidazole rings is 1. The first-order valence-corrected chi connectivity index (χ1v) is 9.78. The lowest BCUT2D eigenvalue weighted by Crippen LogP contribution is -2.38. The van der Waals surface area contributed by atoms with Gasteiger partial charge in [-0.2, -0.15) is 0 Å². The summed E-state index contributed by atoms with van der Waals surface area (Å²) in [5.74, 6) is 2.88. The Balaban J connectivity index is 1.51. The summed E-state index contributed by atoms with van der Waals surface area (Å²) in [5, 5.41) is 6.78. The number of methoxy groups -OCH3 is 1. The molecule has 0 spiro atoms. The standard InChI is InChI=1S/C21H33N5O/c1-18-23-15-17-26(18)16-7-6-14-25-21(22-2)24-13-5-4-8-19-9-11-20(27-3)12-10-19/h9-12,15,17H,4-8,13-14,16H2,1-3H3,(H2,22,24,25). The minimum atomic E-state index is 0.887. The Bertz CT molecular complexity index is 678. The molecule has 0 saturated heterocycles. The Morgan fingerprint density at radius 3 is 2.37 bits per heavy atom. The number of guanidine groups is 1. The predicted molar refractivity (Wildman–Crippen MR) is 111 cm³/mol. The van der Waals surface area contributed by atoms with Gasteiger partial charge in [-0.15, -0.1) is 0 Å². The van der Waals surface area contributed by atoms with Crippen molar-refractivity contribution < 1.29 is 4.74 Å². The van der Waals surface area contributed by atoms with Gasteiger partial charge in [0.2, 0.25) is 0 Å². The molecule has 2 rings (SSSR count). The van der Waals surface area contributed by atoms with Crippen LogP contribution < -0.4 is 15.4 Å². The van der Waals surface area contributed by atoms with Gasteiger partial charge >= 0.3 is 0 Å². The monoisotopic (exact) mass is 371 g/mol. The van der Waals surface area contributed by atoms with E-state index in [0.717, 1.165) is 69.3 Å². The summed E-state index contributed by atoms with van der Waals surface area (Å²) in [5.41, 5.74) is 1.35. The van der Waals surface area contributed by atoms with Gasteiger partial charge in [-0.1, -0.05) is 12.1 Å². The lowest BCUT2D eigenvalue weighted by atomic mass is 10.1. The van der Waals surface area contributed by atoms with E-state index in [2.05, 4.69) is 37.3 Å². The average molecular weight is 372 g/mol. The van der Waals surface area contributed by atoms with Crippen LogP contribution in [-0.4, -0.2) is 42.8 Å². The van der Waals surface area contributed by atoms with Crippen molar-refractivity contribution >= 4 is 5.96 Å². The van der Waals surface area contributed by atoms with Gasteiger partial charge in [0.1, 0.15) is 11.6 Å². The van der Waals surface area contributed by atoms with Crippen LogP contribution in [0.3, 0.4) is 0 Å². The fourth-order valence-electron chi connectivity index (χ4n) is 2.93. The summed E-state index contributed by atoms with van der Waals surface area (Å²) in [7, 11) is 3.52. The van der Waals surface area contributed by atoms with Crippen LogP contribution >= 0.6 is 0 Å². The fourth-order valence-corrected chi connectivity index (χ4v) is 2.93. The van der Waals surface area contributed by atoms with Crippen molar-refractivity contribution in [1.29, 1.82) is 0 Å². The molecule has 0 radical (unpaired) electrons. The zero-order valence-corrected chi connectivity index (χ0v) is 16.9. The highest BCUT2D eigenvalue weighted by molar-refractivity contribution is 5.79. The molecule has 0 aliphatic rings. The molecule has 6 heteroatoms. The largest absolute Gasteiger partial charge is 0.497 e. The van der Waals surface area contributed by atoms with E-state index in [4.69, 9.17) is 4.74 Å². The van der Waals surface area contributed by atoms with Crippen LogP contribution in [-0.2, 0) is 13.0 Å². The van der Waals surface area contributed by atoms with E-state index < -0.39 is 0 Å². The molecule has 0 saturated carbocycles. The molecule has 148 valence electrons. The fraction of sp³-hybridized carbons (Fsp3) is 0.524. The van der Waals surface area contributed by atoms with E-state index in [-0.39, 0.29) is 0 Å². The van der Waals surface area contributed by atoms with Crippen molar-refractivity contribution in [3.63, 3.8) is 0 Å². The molecule has 27 heavy (non-hydrogen) atoms.